The molecular formula is C14H17N3O2. The maximum atomic E-state index is 11.8. The lowest BCUT2D eigenvalue weighted by Gasteiger charge is -2.28. The van der Waals surface area contributed by atoms with Gasteiger partial charge in [-0.2, -0.15) is 5.10 Å². The molecule has 1 N–H and O–H groups in total. The third-order valence-corrected chi connectivity index (χ3v) is 3.02. The standard InChI is InChI=1S/C14H17N3O2/c1-14(2)8-11(7-12(18)9-14)16-17-13(19)10-3-5-15-6-4-10/h3-6H,7-9H2,1-2H3,(H,17,19)/b16-11-. The maximum absolute atomic E-state index is 11.8. The summed E-state index contributed by atoms with van der Waals surface area (Å²) in [6, 6.07) is 3.23. The summed E-state index contributed by atoms with van der Waals surface area (Å²) in [5.74, 6) is -0.112. The van der Waals surface area contributed by atoms with Crippen LogP contribution in [-0.2, 0) is 4.79 Å². The number of nitrogens with one attached hydrogen (secondary N) is 1. The number of amides is 1. The van der Waals surface area contributed by atoms with E-state index in [9.17, 15) is 9.59 Å². The van der Waals surface area contributed by atoms with Gasteiger partial charge in [0.25, 0.3) is 5.91 Å². The Morgan fingerprint density at radius 2 is 2.00 bits per heavy atom. The molecule has 19 heavy (non-hydrogen) atoms. The molecule has 1 saturated carbocycles. The fourth-order valence-electron chi connectivity index (χ4n) is 2.28. The quantitative estimate of drug-likeness (QED) is 0.825. The zero-order valence-electron chi connectivity index (χ0n) is 11.1. The summed E-state index contributed by atoms with van der Waals surface area (Å²) in [7, 11) is 0. The van der Waals surface area contributed by atoms with Crippen LogP contribution in [0.25, 0.3) is 0 Å². The highest BCUT2D eigenvalue weighted by atomic mass is 16.2. The van der Waals surface area contributed by atoms with E-state index in [1.807, 2.05) is 13.8 Å². The summed E-state index contributed by atoms with van der Waals surface area (Å²) >= 11 is 0. The van der Waals surface area contributed by atoms with Crippen LogP contribution in [0, 0.1) is 5.41 Å². The number of carbonyl (C=O) groups is 2. The molecule has 1 aliphatic carbocycles. The Balaban J connectivity index is 2.03. The largest absolute Gasteiger partial charge is 0.299 e. The van der Waals surface area contributed by atoms with Crippen molar-refractivity contribution >= 4 is 17.4 Å². The van der Waals surface area contributed by atoms with Crippen LogP contribution in [0.15, 0.2) is 29.6 Å². The van der Waals surface area contributed by atoms with Crippen molar-refractivity contribution in [1.82, 2.24) is 10.4 Å². The van der Waals surface area contributed by atoms with Crippen LogP contribution in [0.5, 0.6) is 0 Å². The van der Waals surface area contributed by atoms with E-state index in [4.69, 9.17) is 0 Å². The van der Waals surface area contributed by atoms with Crippen LogP contribution in [0.1, 0.15) is 43.5 Å². The minimum absolute atomic E-state index is 0.0738. The Bertz CT molecular complexity index is 521. The average Bonchev–Trinajstić information content (AvgIpc) is 2.34. The molecule has 0 aliphatic heterocycles. The molecule has 1 aromatic rings. The first-order valence-electron chi connectivity index (χ1n) is 6.24. The Kier molecular flexibility index (Phi) is 3.74. The molecule has 5 nitrogen and oxygen atoms in total. The Morgan fingerprint density at radius 1 is 1.32 bits per heavy atom. The van der Waals surface area contributed by atoms with Crippen molar-refractivity contribution < 1.29 is 9.59 Å². The van der Waals surface area contributed by atoms with Gasteiger partial charge in [-0.15, -0.1) is 0 Å². The molecule has 1 fully saturated rings. The van der Waals surface area contributed by atoms with Gasteiger partial charge in [0, 0.05) is 36.5 Å². The number of hydrazone groups is 1. The topological polar surface area (TPSA) is 71.4 Å². The fraction of sp³-hybridized carbons (Fsp3) is 0.429. The molecule has 2 rings (SSSR count). The van der Waals surface area contributed by atoms with E-state index in [-0.39, 0.29) is 17.1 Å². The smallest absolute Gasteiger partial charge is 0.271 e. The second-order valence-electron chi connectivity index (χ2n) is 5.59. The summed E-state index contributed by atoms with van der Waals surface area (Å²) in [6.45, 7) is 4.06. The monoisotopic (exact) mass is 259 g/mol. The van der Waals surface area contributed by atoms with E-state index in [0.717, 1.165) is 12.1 Å². The van der Waals surface area contributed by atoms with Gasteiger partial charge in [0.1, 0.15) is 5.78 Å². The maximum Gasteiger partial charge on any atom is 0.271 e. The minimum atomic E-state index is -0.286. The van der Waals surface area contributed by atoms with E-state index in [1.54, 1.807) is 24.5 Å². The number of nitrogens with zero attached hydrogens (tertiary/aromatic N) is 2. The highest BCUT2D eigenvalue weighted by Crippen LogP contribution is 2.31. The zero-order valence-corrected chi connectivity index (χ0v) is 11.1. The predicted octanol–water partition coefficient (Wildman–Crippen LogP) is 1.95. The molecule has 0 atom stereocenters. The summed E-state index contributed by atoms with van der Waals surface area (Å²) in [6.07, 6.45) is 4.74. The lowest BCUT2D eigenvalue weighted by Crippen LogP contribution is -2.31. The predicted molar refractivity (Wildman–Crippen MR) is 71.8 cm³/mol. The van der Waals surface area contributed by atoms with Crippen molar-refractivity contribution in [3.63, 3.8) is 0 Å². The number of Topliss-reactive ketones (excluding diaryl/α,β-unsaturated/α-hetero) is 1. The van der Waals surface area contributed by atoms with Crippen LogP contribution in [0.3, 0.4) is 0 Å². The van der Waals surface area contributed by atoms with Crippen LogP contribution in [0.2, 0.25) is 0 Å². The van der Waals surface area contributed by atoms with Crippen molar-refractivity contribution in [3.05, 3.63) is 30.1 Å². The lowest BCUT2D eigenvalue weighted by molar-refractivity contribution is -0.120. The normalized spacial score (nSPS) is 20.3. The van der Waals surface area contributed by atoms with Crippen molar-refractivity contribution in [2.45, 2.75) is 33.1 Å². The molecule has 0 saturated heterocycles. The van der Waals surface area contributed by atoms with Crippen molar-refractivity contribution in [2.75, 3.05) is 0 Å². The molecule has 1 heterocycles. The number of aromatic nitrogens is 1. The summed E-state index contributed by atoms with van der Waals surface area (Å²) < 4.78 is 0. The van der Waals surface area contributed by atoms with Gasteiger partial charge in [0.15, 0.2) is 0 Å². The molecule has 1 aliphatic rings. The van der Waals surface area contributed by atoms with Crippen LogP contribution in [-0.4, -0.2) is 22.4 Å². The molecule has 0 aromatic carbocycles. The van der Waals surface area contributed by atoms with Gasteiger partial charge in [-0.25, -0.2) is 5.43 Å². The van der Waals surface area contributed by atoms with Gasteiger partial charge in [-0.3, -0.25) is 14.6 Å². The van der Waals surface area contributed by atoms with E-state index in [1.165, 1.54) is 0 Å². The summed E-state index contributed by atoms with van der Waals surface area (Å²) in [5.41, 5.74) is 3.66. The minimum Gasteiger partial charge on any atom is -0.299 e. The van der Waals surface area contributed by atoms with Crippen LogP contribution < -0.4 is 5.43 Å². The van der Waals surface area contributed by atoms with Gasteiger partial charge in [0.2, 0.25) is 0 Å². The van der Waals surface area contributed by atoms with Crippen LogP contribution in [0.4, 0.5) is 0 Å². The highest BCUT2D eigenvalue weighted by molar-refractivity contribution is 6.05. The number of rotatable bonds is 2. The van der Waals surface area contributed by atoms with Gasteiger partial charge >= 0.3 is 0 Å². The average molecular weight is 259 g/mol. The lowest BCUT2D eigenvalue weighted by atomic mass is 9.76. The molecule has 0 unspecified atom stereocenters. The zero-order chi connectivity index (χ0) is 13.9. The van der Waals surface area contributed by atoms with Crippen molar-refractivity contribution in [1.29, 1.82) is 0 Å². The highest BCUT2D eigenvalue weighted by Gasteiger charge is 2.30. The SMILES string of the molecule is CC1(C)CC(=O)C/C(=N/NC(=O)c2ccncc2)C1. The van der Waals surface area contributed by atoms with Gasteiger partial charge in [0.05, 0.1) is 0 Å². The Morgan fingerprint density at radius 3 is 2.63 bits per heavy atom. The summed E-state index contributed by atoms with van der Waals surface area (Å²) in [4.78, 5) is 27.2. The van der Waals surface area contributed by atoms with Crippen LogP contribution >= 0.6 is 0 Å². The Hall–Kier alpha value is -2.04. The number of carbonyl (C=O) groups excluding carboxylic acids is 2. The number of hydrogen-bond donors (Lipinski definition) is 1. The molecular weight excluding hydrogens is 242 g/mol. The third-order valence-electron chi connectivity index (χ3n) is 3.02. The van der Waals surface area contributed by atoms with E-state index in [2.05, 4.69) is 15.5 Å². The second-order valence-corrected chi connectivity index (χ2v) is 5.59. The number of hydrogen-bond acceptors (Lipinski definition) is 4. The van der Waals surface area contributed by atoms with Gasteiger partial charge in [-0.1, -0.05) is 13.8 Å². The molecule has 5 heteroatoms. The number of pyridine rings is 1. The number of ketones is 1. The first kappa shape index (κ1) is 13.4. The second kappa shape index (κ2) is 5.30. The van der Waals surface area contributed by atoms with Gasteiger partial charge < -0.3 is 0 Å². The van der Waals surface area contributed by atoms with Crippen molar-refractivity contribution in [2.24, 2.45) is 10.5 Å². The van der Waals surface area contributed by atoms with Crippen molar-refractivity contribution in [3.8, 4) is 0 Å². The molecule has 1 amide bonds. The molecule has 0 radical (unpaired) electrons. The molecule has 100 valence electrons. The first-order valence-corrected chi connectivity index (χ1v) is 6.24. The van der Waals surface area contributed by atoms with Gasteiger partial charge in [-0.05, 0) is 24.0 Å². The fourth-order valence-corrected chi connectivity index (χ4v) is 2.28. The van der Waals surface area contributed by atoms with E-state index >= 15 is 0 Å². The van der Waals surface area contributed by atoms with E-state index in [0.29, 0.717) is 18.4 Å². The molecule has 0 bridgehead atoms. The van der Waals surface area contributed by atoms with E-state index < -0.39 is 0 Å². The Labute approximate surface area is 112 Å². The molecule has 1 aromatic heterocycles. The molecule has 0 spiro atoms. The summed E-state index contributed by atoms with van der Waals surface area (Å²) in [5, 5.41) is 4.08. The third kappa shape index (κ3) is 3.71. The first-order chi connectivity index (χ1) is 8.96.